The Balaban J connectivity index is 1.27. The first kappa shape index (κ1) is 21.0. The van der Waals surface area contributed by atoms with Crippen LogP contribution in [0.15, 0.2) is 54.6 Å². The van der Waals surface area contributed by atoms with Gasteiger partial charge in [0.2, 0.25) is 11.8 Å². The number of anilines is 1. The number of para-hydroxylation sites is 1. The fourth-order valence-corrected chi connectivity index (χ4v) is 5.32. The Morgan fingerprint density at radius 1 is 0.750 bits per heavy atom. The van der Waals surface area contributed by atoms with Crippen molar-refractivity contribution < 1.29 is 9.59 Å². The molecule has 5 rings (SSSR count). The lowest BCUT2D eigenvalue weighted by Gasteiger charge is -2.40. The summed E-state index contributed by atoms with van der Waals surface area (Å²) in [6.45, 7) is 5.86. The van der Waals surface area contributed by atoms with Crippen molar-refractivity contribution in [3.05, 3.63) is 65.7 Å². The fourth-order valence-electron chi connectivity index (χ4n) is 5.32. The quantitative estimate of drug-likeness (QED) is 0.745. The topological polar surface area (TPSA) is 47.1 Å². The molecule has 3 aliphatic rings. The van der Waals surface area contributed by atoms with Crippen molar-refractivity contribution in [2.45, 2.75) is 25.3 Å². The van der Waals surface area contributed by atoms with Gasteiger partial charge in [0.05, 0.1) is 6.54 Å². The average molecular weight is 433 g/mol. The fraction of sp³-hybridized carbons (Fsp3) is 0.462. The number of amides is 2. The molecular formula is C26H32N4O2. The molecule has 2 fully saturated rings. The third-order valence-corrected chi connectivity index (χ3v) is 7.13. The highest BCUT2D eigenvalue weighted by Gasteiger charge is 2.37. The Hall–Kier alpha value is -2.86. The molecule has 2 amide bonds. The minimum Gasteiger partial charge on any atom is -0.368 e. The maximum atomic E-state index is 13.5. The lowest BCUT2D eigenvalue weighted by atomic mass is 9.91. The lowest BCUT2D eigenvalue weighted by molar-refractivity contribution is -0.140. The molecule has 32 heavy (non-hydrogen) atoms. The summed E-state index contributed by atoms with van der Waals surface area (Å²) in [5.41, 5.74) is 3.53. The maximum Gasteiger partial charge on any atom is 0.244 e. The Kier molecular flexibility index (Phi) is 6.12. The van der Waals surface area contributed by atoms with Crippen LogP contribution in [0.2, 0.25) is 0 Å². The van der Waals surface area contributed by atoms with E-state index in [0.717, 1.165) is 70.6 Å². The summed E-state index contributed by atoms with van der Waals surface area (Å²) in [6, 6.07) is 18.3. The molecule has 3 heterocycles. The summed E-state index contributed by atoms with van der Waals surface area (Å²) in [4.78, 5) is 35.1. The van der Waals surface area contributed by atoms with Crippen LogP contribution in [0.1, 0.15) is 30.0 Å². The Bertz CT molecular complexity index is 949. The van der Waals surface area contributed by atoms with Gasteiger partial charge < -0.3 is 14.7 Å². The summed E-state index contributed by atoms with van der Waals surface area (Å²) in [6.07, 6.45) is 3.03. The molecule has 0 aliphatic carbocycles. The number of carbonyl (C=O) groups excluding carboxylic acids is 2. The largest absolute Gasteiger partial charge is 0.368 e. The maximum absolute atomic E-state index is 13.5. The van der Waals surface area contributed by atoms with Crippen molar-refractivity contribution in [3.63, 3.8) is 0 Å². The number of carbonyl (C=O) groups is 2. The third-order valence-electron chi connectivity index (χ3n) is 7.13. The van der Waals surface area contributed by atoms with Crippen LogP contribution in [0, 0.1) is 0 Å². The van der Waals surface area contributed by atoms with E-state index in [1.807, 2.05) is 28.0 Å². The van der Waals surface area contributed by atoms with E-state index in [1.165, 1.54) is 11.3 Å². The van der Waals surface area contributed by atoms with Gasteiger partial charge in [-0.25, -0.2) is 0 Å². The molecule has 0 saturated carbocycles. The second-order valence-electron chi connectivity index (χ2n) is 9.06. The predicted molar refractivity (Wildman–Crippen MR) is 126 cm³/mol. The highest BCUT2D eigenvalue weighted by atomic mass is 16.2. The van der Waals surface area contributed by atoms with E-state index >= 15 is 0 Å². The van der Waals surface area contributed by atoms with Gasteiger partial charge in [0.1, 0.15) is 6.04 Å². The van der Waals surface area contributed by atoms with Crippen LogP contribution in [-0.4, -0.2) is 78.9 Å². The van der Waals surface area contributed by atoms with Crippen molar-refractivity contribution >= 4 is 17.5 Å². The van der Waals surface area contributed by atoms with Crippen LogP contribution in [0.3, 0.4) is 0 Å². The van der Waals surface area contributed by atoms with E-state index < -0.39 is 0 Å². The molecular weight excluding hydrogens is 400 g/mol. The minimum atomic E-state index is -0.340. The molecule has 0 spiro atoms. The zero-order chi connectivity index (χ0) is 21.9. The number of piperazine rings is 1. The van der Waals surface area contributed by atoms with Crippen molar-refractivity contribution in [2.75, 3.05) is 57.3 Å². The number of likely N-dealkylation sites (tertiary alicyclic amines) is 1. The summed E-state index contributed by atoms with van der Waals surface area (Å²) in [5.74, 6) is 0.299. The van der Waals surface area contributed by atoms with Gasteiger partial charge in [-0.1, -0.05) is 42.5 Å². The number of fused-ring (bicyclic) bond motifs is 1. The summed E-state index contributed by atoms with van der Waals surface area (Å²) < 4.78 is 0. The molecule has 0 bridgehead atoms. The molecule has 0 aromatic heterocycles. The van der Waals surface area contributed by atoms with Gasteiger partial charge in [0, 0.05) is 51.5 Å². The van der Waals surface area contributed by atoms with E-state index in [-0.39, 0.29) is 17.9 Å². The highest BCUT2D eigenvalue weighted by molar-refractivity contribution is 5.86. The molecule has 2 aromatic carbocycles. The van der Waals surface area contributed by atoms with Crippen molar-refractivity contribution in [1.82, 2.24) is 14.7 Å². The first-order chi connectivity index (χ1) is 15.7. The Labute approximate surface area is 190 Å². The standard InChI is InChI=1S/C26H32N4O2/c31-24(28-18-16-27(17-19-28)22-9-2-1-3-10-22)20-30-15-12-21-8-4-5-11-23(21)25(30)26(32)29-13-6-7-14-29/h1-5,8-11,25H,6-7,12-20H2/t25-/m0/s1. The van der Waals surface area contributed by atoms with Gasteiger partial charge in [-0.3, -0.25) is 14.5 Å². The normalized spacial score (nSPS) is 21.5. The zero-order valence-electron chi connectivity index (χ0n) is 18.7. The van der Waals surface area contributed by atoms with Crippen LogP contribution in [0.4, 0.5) is 5.69 Å². The molecule has 6 nitrogen and oxygen atoms in total. The second-order valence-corrected chi connectivity index (χ2v) is 9.06. The first-order valence-electron chi connectivity index (χ1n) is 11.9. The van der Waals surface area contributed by atoms with Crippen LogP contribution in [0.5, 0.6) is 0 Å². The monoisotopic (exact) mass is 432 g/mol. The molecule has 0 N–H and O–H groups in total. The Morgan fingerprint density at radius 3 is 2.19 bits per heavy atom. The minimum absolute atomic E-state index is 0.135. The van der Waals surface area contributed by atoms with Crippen LogP contribution < -0.4 is 4.90 Å². The third kappa shape index (κ3) is 4.24. The highest BCUT2D eigenvalue weighted by Crippen LogP contribution is 2.32. The summed E-state index contributed by atoms with van der Waals surface area (Å²) >= 11 is 0. The molecule has 168 valence electrons. The molecule has 3 aliphatic heterocycles. The molecule has 2 aromatic rings. The van der Waals surface area contributed by atoms with Gasteiger partial charge in [0.15, 0.2) is 0 Å². The smallest absolute Gasteiger partial charge is 0.244 e. The van der Waals surface area contributed by atoms with E-state index in [2.05, 4.69) is 46.2 Å². The lowest BCUT2D eigenvalue weighted by Crippen LogP contribution is -2.53. The summed E-state index contributed by atoms with van der Waals surface area (Å²) in [5, 5.41) is 0. The number of benzene rings is 2. The second kappa shape index (κ2) is 9.33. The van der Waals surface area contributed by atoms with Gasteiger partial charge in [-0.2, -0.15) is 0 Å². The Morgan fingerprint density at radius 2 is 1.44 bits per heavy atom. The van der Waals surface area contributed by atoms with Crippen LogP contribution in [0.25, 0.3) is 0 Å². The van der Waals surface area contributed by atoms with E-state index in [0.29, 0.717) is 6.54 Å². The van der Waals surface area contributed by atoms with E-state index in [4.69, 9.17) is 0 Å². The molecule has 2 saturated heterocycles. The number of hydrogen-bond acceptors (Lipinski definition) is 4. The van der Waals surface area contributed by atoms with Crippen LogP contribution in [-0.2, 0) is 16.0 Å². The van der Waals surface area contributed by atoms with Crippen molar-refractivity contribution in [1.29, 1.82) is 0 Å². The SMILES string of the molecule is O=C(CN1CCc2ccccc2[C@H]1C(=O)N1CCCC1)N1CCN(c2ccccc2)CC1. The molecule has 0 unspecified atom stereocenters. The molecule has 6 heteroatoms. The first-order valence-corrected chi connectivity index (χ1v) is 11.9. The van der Waals surface area contributed by atoms with E-state index in [9.17, 15) is 9.59 Å². The van der Waals surface area contributed by atoms with Gasteiger partial charge >= 0.3 is 0 Å². The number of nitrogens with zero attached hydrogens (tertiary/aromatic N) is 4. The van der Waals surface area contributed by atoms with Gasteiger partial charge in [-0.15, -0.1) is 0 Å². The van der Waals surface area contributed by atoms with Gasteiger partial charge in [0.25, 0.3) is 0 Å². The predicted octanol–water partition coefficient (Wildman–Crippen LogP) is 2.56. The van der Waals surface area contributed by atoms with Crippen LogP contribution >= 0.6 is 0 Å². The summed E-state index contributed by atoms with van der Waals surface area (Å²) in [7, 11) is 0. The van der Waals surface area contributed by atoms with Crippen molar-refractivity contribution in [3.8, 4) is 0 Å². The average Bonchev–Trinajstić information content (AvgIpc) is 3.39. The number of hydrogen-bond donors (Lipinski definition) is 0. The van der Waals surface area contributed by atoms with E-state index in [1.54, 1.807) is 0 Å². The number of rotatable bonds is 4. The molecule has 0 radical (unpaired) electrons. The van der Waals surface area contributed by atoms with Crippen molar-refractivity contribution in [2.24, 2.45) is 0 Å². The van der Waals surface area contributed by atoms with Gasteiger partial charge in [-0.05, 0) is 42.5 Å². The molecule has 1 atom stereocenters. The zero-order valence-corrected chi connectivity index (χ0v) is 18.7.